The van der Waals surface area contributed by atoms with Gasteiger partial charge < -0.3 is 14.2 Å². The van der Waals surface area contributed by atoms with E-state index in [1.54, 1.807) is 6.08 Å². The van der Waals surface area contributed by atoms with Crippen molar-refractivity contribution >= 4 is 34.5 Å². The number of para-hydroxylation sites is 1. The third-order valence-electron chi connectivity index (χ3n) is 4.30. The molecule has 0 spiro atoms. The van der Waals surface area contributed by atoms with Crippen LogP contribution >= 0.6 is 11.6 Å². The van der Waals surface area contributed by atoms with Crippen LogP contribution in [0.4, 0.5) is 0 Å². The number of hydrogen-bond acceptors (Lipinski definition) is 5. The SMILES string of the molecule is O=C(/C=C/c1ccc2c(c1)OCCCO2)OCc1cc2ccccc2nc1Cl. The maximum absolute atomic E-state index is 12.1. The number of rotatable bonds is 4. The largest absolute Gasteiger partial charge is 0.490 e. The molecular weight excluding hydrogens is 378 g/mol. The van der Waals surface area contributed by atoms with Crippen molar-refractivity contribution in [2.24, 2.45) is 0 Å². The lowest BCUT2D eigenvalue weighted by Crippen LogP contribution is -2.02. The van der Waals surface area contributed by atoms with E-state index in [-0.39, 0.29) is 6.61 Å². The molecule has 0 aliphatic carbocycles. The van der Waals surface area contributed by atoms with Gasteiger partial charge in [-0.1, -0.05) is 35.9 Å². The van der Waals surface area contributed by atoms with Crippen molar-refractivity contribution in [1.82, 2.24) is 4.98 Å². The highest BCUT2D eigenvalue weighted by molar-refractivity contribution is 6.30. The Kier molecular flexibility index (Phi) is 5.44. The van der Waals surface area contributed by atoms with Gasteiger partial charge in [-0.3, -0.25) is 0 Å². The molecule has 0 radical (unpaired) electrons. The molecule has 2 heterocycles. The topological polar surface area (TPSA) is 57.7 Å². The lowest BCUT2D eigenvalue weighted by Gasteiger charge is -2.08. The first-order valence-corrected chi connectivity index (χ1v) is 9.35. The first-order valence-electron chi connectivity index (χ1n) is 8.98. The first kappa shape index (κ1) is 18.3. The van der Waals surface area contributed by atoms with E-state index in [0.29, 0.717) is 29.7 Å². The number of benzene rings is 2. The molecule has 142 valence electrons. The molecule has 4 rings (SSSR count). The van der Waals surface area contributed by atoms with Crippen LogP contribution in [0.3, 0.4) is 0 Å². The number of ether oxygens (including phenoxy) is 3. The van der Waals surface area contributed by atoms with Crippen LogP contribution in [0.25, 0.3) is 17.0 Å². The Morgan fingerprint density at radius 2 is 1.93 bits per heavy atom. The predicted molar refractivity (Wildman–Crippen MR) is 108 cm³/mol. The van der Waals surface area contributed by atoms with Gasteiger partial charge in [0.15, 0.2) is 11.5 Å². The molecule has 6 heteroatoms. The van der Waals surface area contributed by atoms with Gasteiger partial charge in [-0.15, -0.1) is 0 Å². The number of esters is 1. The minimum absolute atomic E-state index is 0.0565. The maximum Gasteiger partial charge on any atom is 0.331 e. The highest BCUT2D eigenvalue weighted by Gasteiger charge is 2.10. The first-order chi connectivity index (χ1) is 13.7. The Balaban J connectivity index is 1.41. The molecule has 0 atom stereocenters. The van der Waals surface area contributed by atoms with E-state index >= 15 is 0 Å². The van der Waals surface area contributed by atoms with Crippen molar-refractivity contribution in [2.75, 3.05) is 13.2 Å². The molecule has 0 N–H and O–H groups in total. The van der Waals surface area contributed by atoms with E-state index in [1.165, 1.54) is 6.08 Å². The smallest absolute Gasteiger partial charge is 0.331 e. The fourth-order valence-corrected chi connectivity index (χ4v) is 3.08. The van der Waals surface area contributed by atoms with Crippen molar-refractivity contribution < 1.29 is 19.0 Å². The van der Waals surface area contributed by atoms with Gasteiger partial charge in [0.2, 0.25) is 0 Å². The van der Waals surface area contributed by atoms with E-state index in [0.717, 1.165) is 28.6 Å². The van der Waals surface area contributed by atoms with E-state index in [4.69, 9.17) is 25.8 Å². The normalized spacial score (nSPS) is 13.5. The molecule has 0 unspecified atom stereocenters. The number of aromatic nitrogens is 1. The van der Waals surface area contributed by atoms with Crippen LogP contribution in [-0.2, 0) is 16.1 Å². The van der Waals surface area contributed by atoms with Crippen molar-refractivity contribution in [2.45, 2.75) is 13.0 Å². The third-order valence-corrected chi connectivity index (χ3v) is 4.63. The summed E-state index contributed by atoms with van der Waals surface area (Å²) in [7, 11) is 0. The van der Waals surface area contributed by atoms with Crippen LogP contribution in [-0.4, -0.2) is 24.2 Å². The summed E-state index contributed by atoms with van der Waals surface area (Å²) >= 11 is 6.19. The fourth-order valence-electron chi connectivity index (χ4n) is 2.88. The van der Waals surface area contributed by atoms with Gasteiger partial charge >= 0.3 is 5.97 Å². The zero-order valence-electron chi connectivity index (χ0n) is 15.1. The van der Waals surface area contributed by atoms with Crippen LogP contribution in [0.1, 0.15) is 17.5 Å². The summed E-state index contributed by atoms with van der Waals surface area (Å²) in [6.07, 6.45) is 3.90. The molecule has 0 saturated heterocycles. The number of carbonyl (C=O) groups is 1. The van der Waals surface area contributed by atoms with Crippen molar-refractivity contribution in [1.29, 1.82) is 0 Å². The highest BCUT2D eigenvalue weighted by atomic mass is 35.5. The van der Waals surface area contributed by atoms with Gasteiger partial charge in [0, 0.05) is 23.4 Å². The zero-order chi connectivity index (χ0) is 19.3. The Morgan fingerprint density at radius 1 is 1.11 bits per heavy atom. The summed E-state index contributed by atoms with van der Waals surface area (Å²) in [5, 5.41) is 1.28. The van der Waals surface area contributed by atoms with E-state index in [9.17, 15) is 4.79 Å². The zero-order valence-corrected chi connectivity index (χ0v) is 15.8. The average Bonchev–Trinajstić information content (AvgIpc) is 2.95. The number of fused-ring (bicyclic) bond motifs is 2. The second-order valence-electron chi connectivity index (χ2n) is 6.33. The number of halogens is 1. The number of hydrogen-bond donors (Lipinski definition) is 0. The van der Waals surface area contributed by atoms with Crippen molar-refractivity contribution in [3.05, 3.63) is 70.9 Å². The minimum atomic E-state index is -0.462. The molecule has 2 aromatic carbocycles. The monoisotopic (exact) mass is 395 g/mol. The van der Waals surface area contributed by atoms with Crippen LogP contribution in [0.2, 0.25) is 5.15 Å². The molecule has 1 aliphatic rings. The standard InChI is InChI=1S/C22H18ClNO4/c23-22-17(13-16-4-1-2-5-18(16)24-22)14-28-21(25)9-7-15-6-8-19-20(12-15)27-11-3-10-26-19/h1-2,4-9,12-13H,3,10-11,14H2/b9-7+. The van der Waals surface area contributed by atoms with Gasteiger partial charge in [0.05, 0.1) is 18.7 Å². The molecule has 1 aromatic heterocycles. The second kappa shape index (κ2) is 8.31. The molecule has 0 fully saturated rings. The lowest BCUT2D eigenvalue weighted by molar-refractivity contribution is -0.138. The highest BCUT2D eigenvalue weighted by Crippen LogP contribution is 2.30. The molecule has 3 aromatic rings. The predicted octanol–water partition coefficient (Wildman–Crippen LogP) is 4.81. The summed E-state index contributed by atoms with van der Waals surface area (Å²) in [5.74, 6) is 0.939. The number of carbonyl (C=O) groups excluding carboxylic acids is 1. The summed E-state index contributed by atoms with van der Waals surface area (Å²) in [6.45, 7) is 1.31. The molecule has 0 bridgehead atoms. The van der Waals surface area contributed by atoms with Crippen LogP contribution in [0.15, 0.2) is 54.6 Å². The molecule has 0 saturated carbocycles. The summed E-state index contributed by atoms with van der Waals surface area (Å²) in [4.78, 5) is 16.4. The number of pyridine rings is 1. The van der Waals surface area contributed by atoms with Crippen LogP contribution in [0, 0.1) is 0 Å². The lowest BCUT2D eigenvalue weighted by atomic mass is 10.2. The van der Waals surface area contributed by atoms with Crippen molar-refractivity contribution in [3.63, 3.8) is 0 Å². The van der Waals surface area contributed by atoms with E-state index in [2.05, 4.69) is 4.98 Å². The molecule has 1 aliphatic heterocycles. The van der Waals surface area contributed by atoms with Gasteiger partial charge in [-0.2, -0.15) is 0 Å². The van der Waals surface area contributed by atoms with Crippen molar-refractivity contribution in [3.8, 4) is 11.5 Å². The Morgan fingerprint density at radius 3 is 2.82 bits per heavy atom. The van der Waals surface area contributed by atoms with Gasteiger partial charge in [0.1, 0.15) is 11.8 Å². The Bertz CT molecular complexity index is 1050. The fraction of sp³-hybridized carbons (Fsp3) is 0.182. The molecular formula is C22H18ClNO4. The van der Waals surface area contributed by atoms with Gasteiger partial charge in [-0.25, -0.2) is 9.78 Å². The second-order valence-corrected chi connectivity index (χ2v) is 6.69. The van der Waals surface area contributed by atoms with Crippen LogP contribution < -0.4 is 9.47 Å². The minimum Gasteiger partial charge on any atom is -0.490 e. The molecule has 5 nitrogen and oxygen atoms in total. The molecule has 0 amide bonds. The number of nitrogens with zero attached hydrogens (tertiary/aromatic N) is 1. The maximum atomic E-state index is 12.1. The van der Waals surface area contributed by atoms with Gasteiger partial charge in [-0.05, 0) is 35.9 Å². The molecule has 28 heavy (non-hydrogen) atoms. The Hall–Kier alpha value is -3.05. The van der Waals surface area contributed by atoms with E-state index < -0.39 is 5.97 Å². The third kappa shape index (κ3) is 4.26. The van der Waals surface area contributed by atoms with Crippen LogP contribution in [0.5, 0.6) is 11.5 Å². The average molecular weight is 396 g/mol. The summed E-state index contributed by atoms with van der Waals surface area (Å²) < 4.78 is 16.6. The summed E-state index contributed by atoms with van der Waals surface area (Å²) in [6, 6.07) is 15.1. The Labute approximate surface area is 167 Å². The summed E-state index contributed by atoms with van der Waals surface area (Å²) in [5.41, 5.74) is 2.29. The van der Waals surface area contributed by atoms with E-state index in [1.807, 2.05) is 48.5 Å². The van der Waals surface area contributed by atoms with Gasteiger partial charge in [0.25, 0.3) is 0 Å². The quantitative estimate of drug-likeness (QED) is 0.360.